The maximum Gasteiger partial charge on any atom is 0.412 e. The standard InChI is InChI=1S/C29H33N3O4/c1-20-24(21-8-6-5-7-9-21)14-15-25(31-28(34)36-29(2,3)4)26(20)27(33)30-22-10-12-23(13-11-22)32-16-18-35-19-17-32/h5-15H,16-19H2,1-4H3,(H,30,33)(H,31,34). The normalized spacial score (nSPS) is 13.7. The van der Waals surface area contributed by atoms with Gasteiger partial charge in [-0.3, -0.25) is 10.1 Å². The number of ether oxygens (including phenoxy) is 2. The Balaban J connectivity index is 1.62. The number of carbonyl (C=O) groups excluding carboxylic acids is 2. The van der Waals surface area contributed by atoms with Gasteiger partial charge in [0.1, 0.15) is 5.60 Å². The number of hydrogen-bond acceptors (Lipinski definition) is 5. The molecule has 1 aliphatic heterocycles. The molecule has 36 heavy (non-hydrogen) atoms. The highest BCUT2D eigenvalue weighted by Crippen LogP contribution is 2.32. The zero-order valence-corrected chi connectivity index (χ0v) is 21.3. The number of carbonyl (C=O) groups is 2. The van der Waals surface area contributed by atoms with Crippen LogP contribution in [0.15, 0.2) is 66.7 Å². The van der Waals surface area contributed by atoms with Crippen LogP contribution in [0.3, 0.4) is 0 Å². The summed E-state index contributed by atoms with van der Waals surface area (Å²) in [7, 11) is 0. The molecule has 0 unspecified atom stereocenters. The van der Waals surface area contributed by atoms with E-state index >= 15 is 0 Å². The van der Waals surface area contributed by atoms with E-state index in [0.29, 0.717) is 30.2 Å². The van der Waals surface area contributed by atoms with Crippen LogP contribution in [-0.2, 0) is 9.47 Å². The van der Waals surface area contributed by atoms with Gasteiger partial charge in [0.2, 0.25) is 0 Å². The second kappa shape index (κ2) is 10.8. The van der Waals surface area contributed by atoms with Crippen LogP contribution in [0.1, 0.15) is 36.7 Å². The van der Waals surface area contributed by atoms with E-state index in [0.717, 1.165) is 35.5 Å². The first-order valence-electron chi connectivity index (χ1n) is 12.1. The molecule has 0 bridgehead atoms. The first kappa shape index (κ1) is 25.3. The number of nitrogens with zero attached hydrogens (tertiary/aromatic N) is 1. The van der Waals surface area contributed by atoms with E-state index < -0.39 is 11.7 Å². The number of hydrogen-bond donors (Lipinski definition) is 2. The summed E-state index contributed by atoms with van der Waals surface area (Å²) in [6, 6.07) is 21.3. The van der Waals surface area contributed by atoms with Crippen LogP contribution in [0.25, 0.3) is 11.1 Å². The molecule has 2 N–H and O–H groups in total. The van der Waals surface area contributed by atoms with Gasteiger partial charge in [-0.25, -0.2) is 4.79 Å². The first-order valence-corrected chi connectivity index (χ1v) is 12.1. The van der Waals surface area contributed by atoms with Crippen LogP contribution >= 0.6 is 0 Å². The molecule has 0 aliphatic carbocycles. The van der Waals surface area contributed by atoms with Gasteiger partial charge in [0, 0.05) is 24.5 Å². The topological polar surface area (TPSA) is 79.9 Å². The van der Waals surface area contributed by atoms with Gasteiger partial charge in [0.05, 0.1) is 24.5 Å². The van der Waals surface area contributed by atoms with Gasteiger partial charge in [0.25, 0.3) is 5.91 Å². The lowest BCUT2D eigenvalue weighted by atomic mass is 9.94. The second-order valence-electron chi connectivity index (χ2n) is 9.75. The minimum Gasteiger partial charge on any atom is -0.444 e. The van der Waals surface area contributed by atoms with Crippen molar-refractivity contribution < 1.29 is 19.1 Å². The van der Waals surface area contributed by atoms with Crippen molar-refractivity contribution in [2.45, 2.75) is 33.3 Å². The van der Waals surface area contributed by atoms with Crippen molar-refractivity contribution in [2.24, 2.45) is 0 Å². The third-order valence-electron chi connectivity index (χ3n) is 5.91. The van der Waals surface area contributed by atoms with Crippen molar-refractivity contribution in [2.75, 3.05) is 41.8 Å². The predicted octanol–water partition coefficient (Wildman–Crippen LogP) is 6.10. The lowest BCUT2D eigenvalue weighted by molar-refractivity contribution is 0.0636. The molecule has 0 saturated carbocycles. The van der Waals surface area contributed by atoms with Crippen molar-refractivity contribution in [3.05, 3.63) is 77.9 Å². The molecule has 1 aliphatic rings. The van der Waals surface area contributed by atoms with Crippen molar-refractivity contribution in [3.63, 3.8) is 0 Å². The molecule has 3 aromatic rings. The summed E-state index contributed by atoms with van der Waals surface area (Å²) in [6.07, 6.45) is -0.613. The molecular formula is C29H33N3O4. The fourth-order valence-corrected chi connectivity index (χ4v) is 4.22. The molecule has 188 valence electrons. The van der Waals surface area contributed by atoms with Crippen LogP contribution in [0.5, 0.6) is 0 Å². The molecular weight excluding hydrogens is 454 g/mol. The zero-order chi connectivity index (χ0) is 25.7. The number of morpholine rings is 1. The second-order valence-corrected chi connectivity index (χ2v) is 9.75. The van der Waals surface area contributed by atoms with E-state index in [2.05, 4.69) is 15.5 Å². The van der Waals surface area contributed by atoms with Crippen molar-refractivity contribution >= 4 is 29.1 Å². The van der Waals surface area contributed by atoms with Gasteiger partial charge in [-0.1, -0.05) is 36.4 Å². The van der Waals surface area contributed by atoms with Gasteiger partial charge in [0.15, 0.2) is 0 Å². The van der Waals surface area contributed by atoms with Crippen molar-refractivity contribution in [1.82, 2.24) is 0 Å². The van der Waals surface area contributed by atoms with E-state index in [9.17, 15) is 9.59 Å². The Morgan fingerprint density at radius 2 is 1.56 bits per heavy atom. The molecule has 3 aromatic carbocycles. The zero-order valence-electron chi connectivity index (χ0n) is 21.3. The number of anilines is 3. The highest BCUT2D eigenvalue weighted by molar-refractivity contribution is 6.11. The summed E-state index contributed by atoms with van der Waals surface area (Å²) >= 11 is 0. The average molecular weight is 488 g/mol. The van der Waals surface area contributed by atoms with Gasteiger partial charge in [-0.15, -0.1) is 0 Å². The SMILES string of the molecule is Cc1c(-c2ccccc2)ccc(NC(=O)OC(C)(C)C)c1C(=O)Nc1ccc(N2CCOCC2)cc1. The molecule has 7 nitrogen and oxygen atoms in total. The number of amides is 2. The Hall–Kier alpha value is -3.84. The Bertz CT molecular complexity index is 1210. The summed E-state index contributed by atoms with van der Waals surface area (Å²) in [5.41, 5.74) is 4.55. The van der Waals surface area contributed by atoms with E-state index in [1.807, 2.05) is 67.6 Å². The van der Waals surface area contributed by atoms with Crippen LogP contribution in [0, 0.1) is 6.92 Å². The smallest absolute Gasteiger partial charge is 0.412 e. The maximum atomic E-state index is 13.6. The van der Waals surface area contributed by atoms with Gasteiger partial charge in [-0.2, -0.15) is 0 Å². The van der Waals surface area contributed by atoms with Crippen molar-refractivity contribution in [3.8, 4) is 11.1 Å². The van der Waals surface area contributed by atoms with E-state index in [-0.39, 0.29) is 5.91 Å². The van der Waals surface area contributed by atoms with Gasteiger partial charge in [-0.05, 0) is 74.7 Å². The lowest BCUT2D eigenvalue weighted by Gasteiger charge is -2.28. The van der Waals surface area contributed by atoms with Gasteiger partial charge >= 0.3 is 6.09 Å². The predicted molar refractivity (Wildman–Crippen MR) is 144 cm³/mol. The molecule has 1 saturated heterocycles. The molecule has 2 amide bonds. The fraction of sp³-hybridized carbons (Fsp3) is 0.310. The van der Waals surface area contributed by atoms with E-state index in [1.165, 1.54) is 0 Å². The molecule has 0 radical (unpaired) electrons. The Morgan fingerprint density at radius 1 is 0.889 bits per heavy atom. The lowest BCUT2D eigenvalue weighted by Crippen LogP contribution is -2.36. The quantitative estimate of drug-likeness (QED) is 0.455. The van der Waals surface area contributed by atoms with Crippen LogP contribution in [-0.4, -0.2) is 43.9 Å². The molecule has 0 atom stereocenters. The number of nitrogens with one attached hydrogen (secondary N) is 2. The molecule has 4 rings (SSSR count). The highest BCUT2D eigenvalue weighted by Gasteiger charge is 2.22. The summed E-state index contributed by atoms with van der Waals surface area (Å²) in [6.45, 7) is 10.4. The number of benzene rings is 3. The monoisotopic (exact) mass is 487 g/mol. The van der Waals surface area contributed by atoms with E-state index in [4.69, 9.17) is 9.47 Å². The third kappa shape index (κ3) is 6.23. The Morgan fingerprint density at radius 3 is 2.19 bits per heavy atom. The van der Waals surface area contributed by atoms with Gasteiger partial charge < -0.3 is 19.7 Å². The summed E-state index contributed by atoms with van der Waals surface area (Å²) < 4.78 is 10.9. The Kier molecular flexibility index (Phi) is 7.60. The fourth-order valence-electron chi connectivity index (χ4n) is 4.22. The first-order chi connectivity index (χ1) is 17.2. The van der Waals surface area contributed by atoms with Crippen LogP contribution in [0.2, 0.25) is 0 Å². The summed E-state index contributed by atoms with van der Waals surface area (Å²) in [5, 5.41) is 5.76. The van der Waals surface area contributed by atoms with Crippen LogP contribution in [0.4, 0.5) is 21.9 Å². The van der Waals surface area contributed by atoms with Crippen LogP contribution < -0.4 is 15.5 Å². The largest absolute Gasteiger partial charge is 0.444 e. The number of rotatable bonds is 5. The van der Waals surface area contributed by atoms with E-state index in [1.54, 1.807) is 26.8 Å². The molecule has 1 fully saturated rings. The average Bonchev–Trinajstić information content (AvgIpc) is 2.84. The Labute approximate surface area is 212 Å². The van der Waals surface area contributed by atoms with Crippen molar-refractivity contribution in [1.29, 1.82) is 0 Å². The molecule has 7 heteroatoms. The molecule has 0 spiro atoms. The third-order valence-corrected chi connectivity index (χ3v) is 5.91. The summed E-state index contributed by atoms with van der Waals surface area (Å²) in [5.74, 6) is -0.310. The highest BCUT2D eigenvalue weighted by atomic mass is 16.6. The minimum atomic E-state index is -0.659. The summed E-state index contributed by atoms with van der Waals surface area (Å²) in [4.78, 5) is 28.4. The maximum absolute atomic E-state index is 13.6. The molecule has 0 aromatic heterocycles. The molecule has 1 heterocycles. The minimum absolute atomic E-state index is 0.310.